The number of Topliss-reactive ketones (excluding diaryl/α,β-unsaturated/α-hetero) is 1. The van der Waals surface area contributed by atoms with Crippen molar-refractivity contribution in [2.75, 3.05) is 12.8 Å². The van der Waals surface area contributed by atoms with Gasteiger partial charge in [-0.3, -0.25) is 9.69 Å². The Labute approximate surface area is 235 Å². The second-order valence-corrected chi connectivity index (χ2v) is 11.3. The molecule has 4 aromatic rings. The number of carbonyl (C=O) groups is 1. The molecule has 0 aliphatic carbocycles. The highest BCUT2D eigenvalue weighted by atomic mass is 32.2. The molecule has 4 rings (SSSR count). The Hall–Kier alpha value is -3.98. The van der Waals surface area contributed by atoms with Crippen LogP contribution in [0, 0.1) is 0 Å². The van der Waals surface area contributed by atoms with Crippen molar-refractivity contribution < 1.29 is 27.2 Å². The normalized spacial score (nSPS) is 13.1. The Balaban J connectivity index is 1.57. The van der Waals surface area contributed by atoms with Gasteiger partial charge < -0.3 is 9.84 Å². The van der Waals surface area contributed by atoms with Crippen LogP contribution in [-0.4, -0.2) is 42.7 Å². The maximum atomic E-state index is 13.8. The molecule has 0 heterocycles. The minimum absolute atomic E-state index is 0.000351. The van der Waals surface area contributed by atoms with Crippen molar-refractivity contribution in [3.8, 4) is 11.5 Å². The molecular weight excluding hydrogens is 526 g/mol. The van der Waals surface area contributed by atoms with E-state index in [-0.39, 0.29) is 17.9 Å². The summed E-state index contributed by atoms with van der Waals surface area (Å²) in [5.41, 5.74) is 1.35. The number of phenolic OH excluding ortho intramolecular Hbond substituents is 1. The molecule has 1 unspecified atom stereocenters. The van der Waals surface area contributed by atoms with E-state index in [1.807, 2.05) is 84.9 Å². The van der Waals surface area contributed by atoms with Gasteiger partial charge >= 0.3 is 0 Å². The van der Waals surface area contributed by atoms with Gasteiger partial charge in [0.1, 0.15) is 18.1 Å². The number of phenols is 1. The number of benzene rings is 4. The van der Waals surface area contributed by atoms with Crippen molar-refractivity contribution >= 4 is 15.9 Å². The summed E-state index contributed by atoms with van der Waals surface area (Å²) in [5, 5.41) is 9.70. The van der Waals surface area contributed by atoms with E-state index in [1.54, 1.807) is 4.90 Å². The van der Waals surface area contributed by atoms with Crippen molar-refractivity contribution in [1.82, 2.24) is 4.90 Å². The van der Waals surface area contributed by atoms with Gasteiger partial charge in [-0.05, 0) is 66.4 Å². The third-order valence-corrected chi connectivity index (χ3v) is 7.15. The largest absolute Gasteiger partial charge is 0.508 e. The average molecular weight is 560 g/mol. The van der Waals surface area contributed by atoms with Crippen LogP contribution in [0.25, 0.3) is 0 Å². The molecule has 208 valence electrons. The van der Waals surface area contributed by atoms with E-state index in [4.69, 9.17) is 8.92 Å². The predicted molar refractivity (Wildman–Crippen MR) is 155 cm³/mol. The fraction of sp³-hybridized carbons (Fsp3) is 0.219. The summed E-state index contributed by atoms with van der Waals surface area (Å²) in [7, 11) is -4.03. The van der Waals surface area contributed by atoms with E-state index in [0.29, 0.717) is 19.6 Å². The van der Waals surface area contributed by atoms with Gasteiger partial charge in [0.2, 0.25) is 11.5 Å². The topological polar surface area (TPSA) is 93.1 Å². The zero-order chi connectivity index (χ0) is 28.6. The molecule has 1 N–H and O–H groups in total. The summed E-state index contributed by atoms with van der Waals surface area (Å²) < 4.78 is 36.3. The predicted octanol–water partition coefficient (Wildman–Crippen LogP) is 5.59. The fourth-order valence-electron chi connectivity index (χ4n) is 4.41. The molecule has 0 aliphatic rings. The molecule has 0 radical (unpaired) electrons. The van der Waals surface area contributed by atoms with E-state index < -0.39 is 21.6 Å². The van der Waals surface area contributed by atoms with Crippen LogP contribution in [0.1, 0.15) is 34.0 Å². The smallest absolute Gasteiger partial charge is 0.266 e. The SMILES string of the molecule is CC(OS(C)(=O)=O)(C(=O)c1ccc(O)cc1)N(CCc1ccc(OCc2ccccc2)cc1)Cc1ccccc1. The first-order chi connectivity index (χ1) is 19.1. The van der Waals surface area contributed by atoms with Crippen LogP contribution < -0.4 is 4.74 Å². The molecule has 0 fully saturated rings. The molecule has 8 heteroatoms. The lowest BCUT2D eigenvalue weighted by Gasteiger charge is -2.39. The third kappa shape index (κ3) is 8.02. The van der Waals surface area contributed by atoms with Gasteiger partial charge in [-0.1, -0.05) is 72.8 Å². The van der Waals surface area contributed by atoms with Crippen LogP contribution in [0.3, 0.4) is 0 Å². The number of ketones is 1. The third-order valence-electron chi connectivity index (χ3n) is 6.53. The molecule has 7 nitrogen and oxygen atoms in total. The van der Waals surface area contributed by atoms with E-state index in [2.05, 4.69) is 0 Å². The monoisotopic (exact) mass is 559 g/mol. The van der Waals surface area contributed by atoms with Crippen LogP contribution in [0.15, 0.2) is 109 Å². The number of nitrogens with zero attached hydrogens (tertiary/aromatic N) is 1. The van der Waals surface area contributed by atoms with Crippen molar-refractivity contribution in [2.45, 2.75) is 32.2 Å². The Morgan fingerprint density at radius 3 is 1.95 bits per heavy atom. The van der Waals surface area contributed by atoms with Crippen LogP contribution >= 0.6 is 0 Å². The van der Waals surface area contributed by atoms with Gasteiger partial charge in [0.25, 0.3) is 10.1 Å². The van der Waals surface area contributed by atoms with Gasteiger partial charge in [-0.15, -0.1) is 0 Å². The molecule has 0 saturated carbocycles. The second-order valence-electron chi connectivity index (χ2n) is 9.72. The van der Waals surface area contributed by atoms with Gasteiger partial charge in [-0.25, -0.2) is 4.18 Å². The summed E-state index contributed by atoms with van der Waals surface area (Å²) in [6, 6.07) is 32.8. The van der Waals surface area contributed by atoms with Gasteiger partial charge in [-0.2, -0.15) is 8.42 Å². The molecule has 0 aromatic heterocycles. The first-order valence-corrected chi connectivity index (χ1v) is 14.7. The highest BCUT2D eigenvalue weighted by Gasteiger charge is 2.44. The van der Waals surface area contributed by atoms with Crippen molar-refractivity contribution in [3.63, 3.8) is 0 Å². The summed E-state index contributed by atoms with van der Waals surface area (Å²) in [6.45, 7) is 2.54. The summed E-state index contributed by atoms with van der Waals surface area (Å²) in [4.78, 5) is 15.5. The molecule has 1 atom stereocenters. The molecule has 0 spiro atoms. The summed E-state index contributed by atoms with van der Waals surface area (Å²) in [6.07, 6.45) is 1.46. The quantitative estimate of drug-likeness (QED) is 0.130. The number of aromatic hydroxyl groups is 1. The fourth-order valence-corrected chi connectivity index (χ4v) is 5.18. The highest BCUT2D eigenvalue weighted by Crippen LogP contribution is 2.28. The molecule has 4 aromatic carbocycles. The van der Waals surface area contributed by atoms with Crippen molar-refractivity contribution in [1.29, 1.82) is 0 Å². The van der Waals surface area contributed by atoms with Crippen molar-refractivity contribution in [2.24, 2.45) is 0 Å². The molecule has 0 amide bonds. The van der Waals surface area contributed by atoms with Gasteiger partial charge in [0.15, 0.2) is 0 Å². The number of hydrogen-bond donors (Lipinski definition) is 1. The van der Waals surface area contributed by atoms with Crippen LogP contribution in [0.5, 0.6) is 11.5 Å². The Kier molecular flexibility index (Phi) is 9.37. The molecular formula is C32H33NO6S. The average Bonchev–Trinajstić information content (AvgIpc) is 2.95. The summed E-state index contributed by atoms with van der Waals surface area (Å²) in [5.74, 6) is 0.208. The van der Waals surface area contributed by atoms with Crippen LogP contribution in [0.2, 0.25) is 0 Å². The number of ether oxygens (including phenoxy) is 1. The first kappa shape index (κ1) is 29.0. The number of rotatable bonds is 13. The summed E-state index contributed by atoms with van der Waals surface area (Å²) >= 11 is 0. The Bertz CT molecular complexity index is 1490. The molecule has 40 heavy (non-hydrogen) atoms. The van der Waals surface area contributed by atoms with Crippen LogP contribution in [-0.2, 0) is 33.9 Å². The van der Waals surface area contributed by atoms with Gasteiger partial charge in [0, 0.05) is 18.7 Å². The minimum Gasteiger partial charge on any atom is -0.508 e. The number of hydrogen-bond acceptors (Lipinski definition) is 7. The lowest BCUT2D eigenvalue weighted by molar-refractivity contribution is -0.0449. The van der Waals surface area contributed by atoms with E-state index in [9.17, 15) is 18.3 Å². The lowest BCUT2D eigenvalue weighted by atomic mass is 9.99. The lowest BCUT2D eigenvalue weighted by Crippen LogP contribution is -2.55. The van der Waals surface area contributed by atoms with Crippen LogP contribution in [0.4, 0.5) is 0 Å². The molecule has 0 bridgehead atoms. The maximum Gasteiger partial charge on any atom is 0.266 e. The first-order valence-electron chi connectivity index (χ1n) is 12.9. The minimum atomic E-state index is -4.03. The van der Waals surface area contributed by atoms with Crippen molar-refractivity contribution in [3.05, 3.63) is 131 Å². The van der Waals surface area contributed by atoms with E-state index >= 15 is 0 Å². The number of carbonyl (C=O) groups excluding carboxylic acids is 1. The Morgan fingerprint density at radius 2 is 1.38 bits per heavy atom. The zero-order valence-corrected chi connectivity index (χ0v) is 23.4. The second kappa shape index (κ2) is 12.9. The highest BCUT2D eigenvalue weighted by molar-refractivity contribution is 7.86. The van der Waals surface area contributed by atoms with Gasteiger partial charge in [0.05, 0.1) is 6.26 Å². The Morgan fingerprint density at radius 1 is 0.800 bits per heavy atom. The maximum absolute atomic E-state index is 13.8. The molecule has 0 saturated heterocycles. The van der Waals surface area contributed by atoms with E-state index in [1.165, 1.54) is 31.2 Å². The standard InChI is InChI=1S/C32H33NO6S/c1-32(39-40(2,36)37,31(35)28-15-17-29(34)18-16-28)33(23-26-9-5-3-6-10-26)22-21-25-13-19-30(20-14-25)38-24-27-11-7-4-8-12-27/h3-20,34H,21-24H2,1-2H3. The van der Waals surface area contributed by atoms with E-state index in [0.717, 1.165) is 28.7 Å². The zero-order valence-electron chi connectivity index (χ0n) is 22.6. The molecule has 0 aliphatic heterocycles.